The zero-order valence-corrected chi connectivity index (χ0v) is 13.8. The average Bonchev–Trinajstić information content (AvgIpc) is 2.97. The Bertz CT molecular complexity index is 877. The van der Waals surface area contributed by atoms with E-state index in [0.717, 1.165) is 36.3 Å². The Kier molecular flexibility index (Phi) is 4.34. The molecule has 2 aromatic heterocycles. The van der Waals surface area contributed by atoms with Crippen LogP contribution in [0.2, 0.25) is 0 Å². The molecule has 0 aliphatic heterocycles. The Balaban J connectivity index is 2.06. The van der Waals surface area contributed by atoms with Crippen LogP contribution < -0.4 is 10.3 Å². The number of nitrogens with zero attached hydrogens (tertiary/aromatic N) is 3. The molecule has 6 heteroatoms. The van der Waals surface area contributed by atoms with Crippen LogP contribution in [-0.2, 0) is 6.54 Å². The van der Waals surface area contributed by atoms with Crippen molar-refractivity contribution >= 4 is 21.9 Å². The summed E-state index contributed by atoms with van der Waals surface area (Å²) in [6.07, 6.45) is 1.63. The summed E-state index contributed by atoms with van der Waals surface area (Å²) in [6.45, 7) is 7.67. The van der Waals surface area contributed by atoms with Crippen molar-refractivity contribution in [3.05, 3.63) is 34.9 Å². The van der Waals surface area contributed by atoms with Crippen LogP contribution in [0.25, 0.3) is 21.9 Å². The van der Waals surface area contributed by atoms with Gasteiger partial charge in [-0.05, 0) is 25.2 Å². The van der Waals surface area contributed by atoms with Gasteiger partial charge in [-0.25, -0.2) is 4.98 Å². The molecule has 6 nitrogen and oxygen atoms in total. The van der Waals surface area contributed by atoms with Crippen LogP contribution in [0.1, 0.15) is 13.8 Å². The maximum atomic E-state index is 12.7. The summed E-state index contributed by atoms with van der Waals surface area (Å²) in [6, 6.07) is 5.71. The third-order valence-corrected chi connectivity index (χ3v) is 4.33. The Morgan fingerprint density at radius 1 is 1.30 bits per heavy atom. The summed E-state index contributed by atoms with van der Waals surface area (Å²) >= 11 is 0. The fourth-order valence-corrected chi connectivity index (χ4v) is 2.92. The monoisotopic (exact) mass is 314 g/mol. The highest BCUT2D eigenvalue weighted by Crippen LogP contribution is 2.30. The van der Waals surface area contributed by atoms with Crippen LogP contribution in [0.3, 0.4) is 0 Å². The van der Waals surface area contributed by atoms with Gasteiger partial charge in [0.2, 0.25) is 0 Å². The first-order chi connectivity index (χ1) is 11.2. The molecular weight excluding hydrogens is 292 g/mol. The second kappa shape index (κ2) is 6.42. The molecule has 122 valence electrons. The third kappa shape index (κ3) is 2.70. The number of fused-ring (bicyclic) bond motifs is 3. The number of nitrogens with one attached hydrogen (secondary N) is 1. The molecule has 0 bridgehead atoms. The van der Waals surface area contributed by atoms with E-state index in [2.05, 4.69) is 28.7 Å². The van der Waals surface area contributed by atoms with Crippen molar-refractivity contribution in [3.8, 4) is 5.75 Å². The topological polar surface area (TPSA) is 63.1 Å². The van der Waals surface area contributed by atoms with E-state index in [-0.39, 0.29) is 5.56 Å². The minimum absolute atomic E-state index is 0.0413. The molecule has 0 fully saturated rings. The first kappa shape index (κ1) is 15.6. The molecule has 0 aliphatic rings. The summed E-state index contributed by atoms with van der Waals surface area (Å²) in [5, 5.41) is 0.859. The quantitative estimate of drug-likeness (QED) is 0.758. The maximum Gasteiger partial charge on any atom is 0.277 e. The maximum absolute atomic E-state index is 12.7. The molecule has 0 saturated heterocycles. The van der Waals surface area contributed by atoms with Gasteiger partial charge in [0.15, 0.2) is 0 Å². The number of rotatable bonds is 6. The number of likely N-dealkylation sites (N-methyl/N-ethyl adjacent to an activating group) is 1. The smallest absolute Gasteiger partial charge is 0.277 e. The molecule has 1 aromatic carbocycles. The van der Waals surface area contributed by atoms with Gasteiger partial charge in [-0.3, -0.25) is 9.36 Å². The van der Waals surface area contributed by atoms with E-state index < -0.39 is 0 Å². The molecule has 2 heterocycles. The van der Waals surface area contributed by atoms with Crippen LogP contribution >= 0.6 is 0 Å². The Labute approximate surface area is 134 Å². The summed E-state index contributed by atoms with van der Waals surface area (Å²) in [7, 11) is 1.62. The highest BCUT2D eigenvalue weighted by Gasteiger charge is 2.14. The Morgan fingerprint density at radius 3 is 2.78 bits per heavy atom. The molecule has 0 radical (unpaired) electrons. The molecule has 0 amide bonds. The number of methoxy groups -OCH3 is 1. The lowest BCUT2D eigenvalue weighted by Gasteiger charge is -2.18. The van der Waals surface area contributed by atoms with E-state index in [4.69, 9.17) is 4.74 Å². The van der Waals surface area contributed by atoms with Crippen molar-refractivity contribution in [1.82, 2.24) is 19.4 Å². The second-order valence-corrected chi connectivity index (χ2v) is 5.50. The van der Waals surface area contributed by atoms with Gasteiger partial charge in [0.1, 0.15) is 16.8 Å². The lowest BCUT2D eigenvalue weighted by molar-refractivity contribution is 0.289. The summed E-state index contributed by atoms with van der Waals surface area (Å²) in [5.41, 5.74) is 2.03. The molecule has 0 atom stereocenters. The van der Waals surface area contributed by atoms with Crippen molar-refractivity contribution in [2.24, 2.45) is 0 Å². The largest absolute Gasteiger partial charge is 0.496 e. The van der Waals surface area contributed by atoms with E-state index >= 15 is 0 Å². The number of H-pyrrole nitrogens is 1. The van der Waals surface area contributed by atoms with E-state index in [1.54, 1.807) is 18.0 Å². The lowest BCUT2D eigenvalue weighted by atomic mass is 10.2. The molecule has 1 N–H and O–H groups in total. The van der Waals surface area contributed by atoms with Gasteiger partial charge >= 0.3 is 0 Å². The van der Waals surface area contributed by atoms with Crippen molar-refractivity contribution in [1.29, 1.82) is 0 Å². The van der Waals surface area contributed by atoms with Gasteiger partial charge in [-0.2, -0.15) is 0 Å². The van der Waals surface area contributed by atoms with Crippen LogP contribution in [0.4, 0.5) is 0 Å². The predicted molar refractivity (Wildman–Crippen MR) is 92.2 cm³/mol. The van der Waals surface area contributed by atoms with Gasteiger partial charge in [0, 0.05) is 13.1 Å². The number of benzene rings is 1. The van der Waals surface area contributed by atoms with Gasteiger partial charge in [-0.1, -0.05) is 19.9 Å². The zero-order chi connectivity index (χ0) is 16.4. The number of hydrogen-bond donors (Lipinski definition) is 1. The van der Waals surface area contributed by atoms with Crippen LogP contribution in [0.15, 0.2) is 29.3 Å². The van der Waals surface area contributed by atoms with E-state index in [1.807, 2.05) is 18.2 Å². The number of ether oxygens (including phenoxy) is 1. The highest BCUT2D eigenvalue weighted by atomic mass is 16.5. The zero-order valence-electron chi connectivity index (χ0n) is 13.8. The van der Waals surface area contributed by atoms with E-state index in [0.29, 0.717) is 17.6 Å². The lowest BCUT2D eigenvalue weighted by Crippen LogP contribution is -2.31. The van der Waals surface area contributed by atoms with Gasteiger partial charge < -0.3 is 14.6 Å². The molecule has 0 aliphatic carbocycles. The first-order valence-electron chi connectivity index (χ1n) is 7.95. The summed E-state index contributed by atoms with van der Waals surface area (Å²) in [4.78, 5) is 22.7. The standard InChI is InChI=1S/C17H22N4O2/c1-4-20(5-2)9-10-21-11-18-15-14-12(19-16(15)17(21)22)7-6-8-13(14)23-3/h6-8,11,19H,4-5,9-10H2,1-3H3. The summed E-state index contributed by atoms with van der Waals surface area (Å²) < 4.78 is 7.07. The van der Waals surface area contributed by atoms with Gasteiger partial charge in [-0.15, -0.1) is 0 Å². The number of hydrogen-bond acceptors (Lipinski definition) is 4. The molecule has 0 spiro atoms. The molecule has 3 aromatic rings. The SMILES string of the molecule is CCN(CC)CCn1cnc2c([nH]c3cccc(OC)c32)c1=O. The minimum atomic E-state index is -0.0413. The molecule has 0 unspecified atom stereocenters. The van der Waals surface area contributed by atoms with Crippen molar-refractivity contribution in [2.45, 2.75) is 20.4 Å². The molecule has 3 rings (SSSR count). The van der Waals surface area contributed by atoms with E-state index in [1.165, 1.54) is 0 Å². The molecular formula is C17H22N4O2. The Hall–Kier alpha value is -2.34. The fourth-order valence-electron chi connectivity index (χ4n) is 2.92. The molecule has 0 saturated carbocycles. The van der Waals surface area contributed by atoms with Crippen molar-refractivity contribution in [3.63, 3.8) is 0 Å². The number of aromatic amines is 1. The van der Waals surface area contributed by atoms with Crippen molar-refractivity contribution < 1.29 is 4.74 Å². The highest BCUT2D eigenvalue weighted by molar-refractivity contribution is 6.07. The summed E-state index contributed by atoms with van der Waals surface area (Å²) in [5.74, 6) is 0.724. The average molecular weight is 314 g/mol. The van der Waals surface area contributed by atoms with Crippen LogP contribution in [0, 0.1) is 0 Å². The first-order valence-corrected chi connectivity index (χ1v) is 7.95. The van der Waals surface area contributed by atoms with Crippen LogP contribution in [0.5, 0.6) is 5.75 Å². The van der Waals surface area contributed by atoms with E-state index in [9.17, 15) is 4.79 Å². The second-order valence-electron chi connectivity index (χ2n) is 5.50. The number of aromatic nitrogens is 3. The Morgan fingerprint density at radius 2 is 2.09 bits per heavy atom. The van der Waals surface area contributed by atoms with Crippen LogP contribution in [-0.4, -0.2) is 46.2 Å². The van der Waals surface area contributed by atoms with Gasteiger partial charge in [0.05, 0.1) is 24.3 Å². The van der Waals surface area contributed by atoms with Crippen molar-refractivity contribution in [2.75, 3.05) is 26.7 Å². The fraction of sp³-hybridized carbons (Fsp3) is 0.412. The minimum Gasteiger partial charge on any atom is -0.496 e. The normalized spacial score (nSPS) is 11.7. The third-order valence-electron chi connectivity index (χ3n) is 4.33. The van der Waals surface area contributed by atoms with Gasteiger partial charge in [0.25, 0.3) is 5.56 Å². The molecule has 23 heavy (non-hydrogen) atoms. The predicted octanol–water partition coefficient (Wildman–Crippen LogP) is 2.23.